The van der Waals surface area contributed by atoms with E-state index in [1.807, 2.05) is 38.1 Å². The molecule has 0 saturated carbocycles. The fourth-order valence-electron chi connectivity index (χ4n) is 4.50. The summed E-state index contributed by atoms with van der Waals surface area (Å²) in [5.41, 5.74) is 7.52. The Labute approximate surface area is 184 Å². The molecule has 1 unspecified atom stereocenters. The average Bonchev–Trinajstić information content (AvgIpc) is 2.77. The molecule has 1 N–H and O–H groups in total. The summed E-state index contributed by atoms with van der Waals surface area (Å²) in [6, 6.07) is 16.5. The molecule has 0 radical (unpaired) electrons. The van der Waals surface area contributed by atoms with E-state index >= 15 is 0 Å². The highest BCUT2D eigenvalue weighted by Gasteiger charge is 2.27. The molecule has 4 rings (SSSR count). The molecule has 0 spiro atoms. The minimum atomic E-state index is -0.0632. The van der Waals surface area contributed by atoms with Crippen LogP contribution in [0.4, 0.5) is 11.5 Å². The van der Waals surface area contributed by atoms with Gasteiger partial charge in [-0.2, -0.15) is 0 Å². The summed E-state index contributed by atoms with van der Waals surface area (Å²) in [7, 11) is 0. The number of anilines is 2. The van der Waals surface area contributed by atoms with Crippen molar-refractivity contribution in [3.8, 4) is 11.3 Å². The first kappa shape index (κ1) is 21.0. The fourth-order valence-corrected chi connectivity index (χ4v) is 4.50. The maximum Gasteiger partial charge on any atom is 0.229 e. The number of aryl methyl sites for hydroxylation is 4. The molecule has 1 fully saturated rings. The van der Waals surface area contributed by atoms with E-state index in [0.29, 0.717) is 6.54 Å². The molecule has 1 aromatic heterocycles. The van der Waals surface area contributed by atoms with Crippen LogP contribution in [0.3, 0.4) is 0 Å². The van der Waals surface area contributed by atoms with Crippen molar-refractivity contribution < 1.29 is 4.79 Å². The average molecular weight is 415 g/mol. The van der Waals surface area contributed by atoms with Crippen molar-refractivity contribution in [3.63, 3.8) is 0 Å². The number of piperidine rings is 1. The Kier molecular flexibility index (Phi) is 6.03. The molecular weight excluding hydrogens is 384 g/mol. The van der Waals surface area contributed by atoms with Gasteiger partial charge in [-0.25, -0.2) is 0 Å². The highest BCUT2D eigenvalue weighted by molar-refractivity contribution is 5.94. The molecular formula is C26H30N4O. The summed E-state index contributed by atoms with van der Waals surface area (Å²) in [6.45, 7) is 9.81. The van der Waals surface area contributed by atoms with Crippen molar-refractivity contribution in [2.75, 3.05) is 23.3 Å². The molecule has 5 heteroatoms. The number of aromatic nitrogens is 2. The van der Waals surface area contributed by atoms with Gasteiger partial charge in [-0.15, -0.1) is 10.2 Å². The minimum Gasteiger partial charge on any atom is -0.354 e. The SMILES string of the molecule is Cc1cc(C)c(NC(=O)C2CCCN(c3ccc(-c4ccccc4C)nn3)C2)c(C)c1. The Morgan fingerprint density at radius 1 is 0.968 bits per heavy atom. The van der Waals surface area contributed by atoms with Crippen molar-refractivity contribution in [2.24, 2.45) is 5.92 Å². The first-order chi connectivity index (χ1) is 14.9. The zero-order valence-electron chi connectivity index (χ0n) is 18.8. The number of amides is 1. The molecule has 2 heterocycles. The Hall–Kier alpha value is -3.21. The highest BCUT2D eigenvalue weighted by atomic mass is 16.1. The van der Waals surface area contributed by atoms with Crippen LogP contribution in [0.25, 0.3) is 11.3 Å². The van der Waals surface area contributed by atoms with Crippen LogP contribution in [0, 0.1) is 33.6 Å². The monoisotopic (exact) mass is 414 g/mol. The summed E-state index contributed by atoms with van der Waals surface area (Å²) in [6.07, 6.45) is 1.85. The number of rotatable bonds is 4. The van der Waals surface area contributed by atoms with E-state index in [2.05, 4.69) is 58.5 Å². The number of hydrogen-bond acceptors (Lipinski definition) is 4. The van der Waals surface area contributed by atoms with E-state index in [1.54, 1.807) is 0 Å². The molecule has 0 aliphatic carbocycles. The smallest absolute Gasteiger partial charge is 0.229 e. The standard InChI is InChI=1S/C26H30N4O/c1-17-14-19(3)25(20(4)15-17)27-26(31)21-9-7-13-30(16-21)24-12-11-23(28-29-24)22-10-6-5-8-18(22)2/h5-6,8,10-12,14-15,21H,7,9,13,16H2,1-4H3,(H,27,31). The van der Waals surface area contributed by atoms with Gasteiger partial charge < -0.3 is 10.2 Å². The third kappa shape index (κ3) is 4.61. The van der Waals surface area contributed by atoms with Crippen molar-refractivity contribution in [2.45, 2.75) is 40.5 Å². The largest absolute Gasteiger partial charge is 0.354 e. The molecule has 1 amide bonds. The number of carbonyl (C=O) groups is 1. The molecule has 1 saturated heterocycles. The highest BCUT2D eigenvalue weighted by Crippen LogP contribution is 2.27. The Bertz CT molecular complexity index is 1070. The van der Waals surface area contributed by atoms with Crippen LogP contribution in [0.5, 0.6) is 0 Å². The molecule has 5 nitrogen and oxygen atoms in total. The van der Waals surface area contributed by atoms with Gasteiger partial charge in [0.15, 0.2) is 5.82 Å². The molecule has 0 bridgehead atoms. The van der Waals surface area contributed by atoms with Crippen molar-refractivity contribution >= 4 is 17.4 Å². The molecule has 3 aromatic rings. The summed E-state index contributed by atoms with van der Waals surface area (Å²) < 4.78 is 0. The van der Waals surface area contributed by atoms with Gasteiger partial charge in [-0.05, 0) is 69.4 Å². The van der Waals surface area contributed by atoms with E-state index < -0.39 is 0 Å². The zero-order valence-corrected chi connectivity index (χ0v) is 18.8. The molecule has 1 aliphatic heterocycles. The predicted molar refractivity (Wildman–Crippen MR) is 126 cm³/mol. The lowest BCUT2D eigenvalue weighted by Crippen LogP contribution is -2.41. The summed E-state index contributed by atoms with van der Waals surface area (Å²) in [4.78, 5) is 15.2. The topological polar surface area (TPSA) is 58.1 Å². The van der Waals surface area contributed by atoms with Gasteiger partial charge in [0.2, 0.25) is 5.91 Å². The number of carbonyl (C=O) groups excluding carboxylic acids is 1. The van der Waals surface area contributed by atoms with Crippen LogP contribution >= 0.6 is 0 Å². The molecule has 2 aromatic carbocycles. The third-order valence-electron chi connectivity index (χ3n) is 6.11. The van der Waals surface area contributed by atoms with E-state index in [1.165, 1.54) is 11.1 Å². The first-order valence-corrected chi connectivity index (χ1v) is 11.0. The third-order valence-corrected chi connectivity index (χ3v) is 6.11. The number of nitrogens with one attached hydrogen (secondary N) is 1. The van der Waals surface area contributed by atoms with Crippen LogP contribution in [0.1, 0.15) is 35.1 Å². The Balaban J connectivity index is 1.46. The van der Waals surface area contributed by atoms with Crippen LogP contribution in [0.2, 0.25) is 0 Å². The van der Waals surface area contributed by atoms with Gasteiger partial charge in [0, 0.05) is 24.3 Å². The predicted octanol–water partition coefficient (Wildman–Crippen LogP) is 5.23. The first-order valence-electron chi connectivity index (χ1n) is 11.0. The van der Waals surface area contributed by atoms with Crippen molar-refractivity contribution in [1.29, 1.82) is 0 Å². The quantitative estimate of drug-likeness (QED) is 0.635. The van der Waals surface area contributed by atoms with Gasteiger partial charge >= 0.3 is 0 Å². The van der Waals surface area contributed by atoms with E-state index in [4.69, 9.17) is 0 Å². The van der Waals surface area contributed by atoms with Crippen LogP contribution < -0.4 is 10.2 Å². The van der Waals surface area contributed by atoms with Crippen LogP contribution in [0.15, 0.2) is 48.5 Å². The maximum absolute atomic E-state index is 13.0. The second kappa shape index (κ2) is 8.88. The molecule has 1 aliphatic rings. The van der Waals surface area contributed by atoms with Gasteiger partial charge in [-0.3, -0.25) is 4.79 Å². The second-order valence-corrected chi connectivity index (χ2v) is 8.64. The Morgan fingerprint density at radius 2 is 1.71 bits per heavy atom. The van der Waals surface area contributed by atoms with Crippen LogP contribution in [-0.4, -0.2) is 29.2 Å². The lowest BCUT2D eigenvalue weighted by molar-refractivity contribution is -0.120. The van der Waals surface area contributed by atoms with Crippen LogP contribution in [-0.2, 0) is 4.79 Å². The number of benzene rings is 2. The van der Waals surface area contributed by atoms with E-state index in [0.717, 1.165) is 53.3 Å². The van der Waals surface area contributed by atoms with E-state index in [9.17, 15) is 4.79 Å². The molecule has 160 valence electrons. The molecule has 1 atom stereocenters. The zero-order chi connectivity index (χ0) is 22.0. The van der Waals surface area contributed by atoms with Gasteiger partial charge in [0.1, 0.15) is 0 Å². The lowest BCUT2D eigenvalue weighted by atomic mass is 9.96. The van der Waals surface area contributed by atoms with Crippen molar-refractivity contribution in [3.05, 3.63) is 70.8 Å². The summed E-state index contributed by atoms with van der Waals surface area (Å²) in [5.74, 6) is 0.855. The number of nitrogens with zero attached hydrogens (tertiary/aromatic N) is 3. The fraction of sp³-hybridized carbons (Fsp3) is 0.346. The van der Waals surface area contributed by atoms with E-state index in [-0.39, 0.29) is 11.8 Å². The second-order valence-electron chi connectivity index (χ2n) is 8.64. The van der Waals surface area contributed by atoms with Crippen molar-refractivity contribution in [1.82, 2.24) is 10.2 Å². The maximum atomic E-state index is 13.0. The lowest BCUT2D eigenvalue weighted by Gasteiger charge is -2.32. The van der Waals surface area contributed by atoms with Gasteiger partial charge in [0.05, 0.1) is 11.6 Å². The normalized spacial score (nSPS) is 16.3. The number of hydrogen-bond donors (Lipinski definition) is 1. The Morgan fingerprint density at radius 3 is 2.39 bits per heavy atom. The van der Waals surface area contributed by atoms with Gasteiger partial charge in [-0.1, -0.05) is 42.0 Å². The minimum absolute atomic E-state index is 0.0632. The summed E-state index contributed by atoms with van der Waals surface area (Å²) in [5, 5.41) is 12.1. The molecule has 31 heavy (non-hydrogen) atoms. The van der Waals surface area contributed by atoms with Gasteiger partial charge in [0.25, 0.3) is 0 Å². The summed E-state index contributed by atoms with van der Waals surface area (Å²) >= 11 is 0.